The molecule has 0 aliphatic rings. The van der Waals surface area contributed by atoms with Crippen LogP contribution in [0.2, 0.25) is 5.02 Å². The van der Waals surface area contributed by atoms with Crippen LogP contribution in [0.25, 0.3) is 16.6 Å². The van der Waals surface area contributed by atoms with Crippen LogP contribution in [0.1, 0.15) is 6.42 Å². The summed E-state index contributed by atoms with van der Waals surface area (Å²) in [6.07, 6.45) is 5.69. The first kappa shape index (κ1) is 16.4. The van der Waals surface area contributed by atoms with Gasteiger partial charge in [-0.2, -0.15) is 10.2 Å². The van der Waals surface area contributed by atoms with E-state index in [2.05, 4.69) is 15.5 Å². The molecule has 0 aliphatic carbocycles. The predicted octanol–water partition coefficient (Wildman–Crippen LogP) is 3.90. The number of carbonyl (C=O) groups excluding carboxylic acids is 1. The van der Waals surface area contributed by atoms with E-state index in [-0.39, 0.29) is 5.91 Å². The number of nitrogens with zero attached hydrogens (tertiary/aromatic N) is 4. The summed E-state index contributed by atoms with van der Waals surface area (Å²) in [7, 11) is 0. The third-order valence-electron chi connectivity index (χ3n) is 4.07. The zero-order valence-corrected chi connectivity index (χ0v) is 14.6. The van der Waals surface area contributed by atoms with E-state index in [1.54, 1.807) is 17.1 Å². The smallest absolute Gasteiger partial charge is 0.226 e. The first-order chi connectivity index (χ1) is 12.7. The number of anilines is 1. The average Bonchev–Trinajstić information content (AvgIpc) is 3.30. The Kier molecular flexibility index (Phi) is 4.41. The highest BCUT2D eigenvalue weighted by molar-refractivity contribution is 6.31. The summed E-state index contributed by atoms with van der Waals surface area (Å²) in [5.41, 5.74) is 2.66. The maximum atomic E-state index is 12.2. The summed E-state index contributed by atoms with van der Waals surface area (Å²) in [6, 6.07) is 15.0. The summed E-state index contributed by atoms with van der Waals surface area (Å²) in [5.74, 6) is -0.0607. The minimum atomic E-state index is -0.0607. The van der Waals surface area contributed by atoms with Gasteiger partial charge in [-0.15, -0.1) is 0 Å². The Hall–Kier alpha value is -3.12. The number of aromatic nitrogens is 4. The minimum absolute atomic E-state index is 0.0607. The van der Waals surface area contributed by atoms with Crippen LogP contribution in [-0.2, 0) is 11.3 Å². The number of halogens is 1. The zero-order valence-electron chi connectivity index (χ0n) is 13.8. The molecule has 26 heavy (non-hydrogen) atoms. The molecule has 130 valence electrons. The highest BCUT2D eigenvalue weighted by Crippen LogP contribution is 2.19. The van der Waals surface area contributed by atoms with E-state index in [1.807, 2.05) is 59.4 Å². The number of fused-ring (bicyclic) bond motifs is 1. The molecule has 0 atom stereocenters. The molecule has 0 spiro atoms. The lowest BCUT2D eigenvalue weighted by molar-refractivity contribution is -0.116. The van der Waals surface area contributed by atoms with Crippen molar-refractivity contribution in [3.05, 3.63) is 72.1 Å². The standard InChI is InChI=1S/C19H16ClN5O/c20-15-2-7-18-14(12-15)13-22-25(18)11-8-19(26)23-16-3-5-17(6-4-16)24-10-1-9-21-24/h1-7,9-10,12-13H,8,11H2,(H,23,26). The number of aryl methyl sites for hydroxylation is 1. The molecule has 4 rings (SSSR count). The summed E-state index contributed by atoms with van der Waals surface area (Å²) in [5, 5.41) is 13.0. The van der Waals surface area contributed by atoms with Gasteiger partial charge in [-0.05, 0) is 48.5 Å². The first-order valence-electron chi connectivity index (χ1n) is 8.20. The van der Waals surface area contributed by atoms with Crippen LogP contribution in [0.5, 0.6) is 0 Å². The molecule has 4 aromatic rings. The van der Waals surface area contributed by atoms with Gasteiger partial charge in [-0.1, -0.05) is 11.6 Å². The fourth-order valence-electron chi connectivity index (χ4n) is 2.79. The predicted molar refractivity (Wildman–Crippen MR) is 102 cm³/mol. The molecule has 0 aliphatic heterocycles. The summed E-state index contributed by atoms with van der Waals surface area (Å²) in [6.45, 7) is 0.502. The topological polar surface area (TPSA) is 64.7 Å². The molecule has 2 heterocycles. The molecule has 0 fully saturated rings. The van der Waals surface area contributed by atoms with Gasteiger partial charge in [0.05, 0.1) is 23.9 Å². The molecular weight excluding hydrogens is 350 g/mol. The number of rotatable bonds is 5. The van der Waals surface area contributed by atoms with E-state index >= 15 is 0 Å². The van der Waals surface area contributed by atoms with Crippen LogP contribution >= 0.6 is 11.6 Å². The van der Waals surface area contributed by atoms with Gasteiger partial charge >= 0.3 is 0 Å². The van der Waals surface area contributed by atoms with Crippen LogP contribution in [0.3, 0.4) is 0 Å². The third kappa shape index (κ3) is 3.45. The van der Waals surface area contributed by atoms with E-state index in [9.17, 15) is 4.79 Å². The summed E-state index contributed by atoms with van der Waals surface area (Å²) >= 11 is 5.98. The molecule has 2 aromatic carbocycles. The molecule has 0 bridgehead atoms. The van der Waals surface area contributed by atoms with Gasteiger partial charge in [0.1, 0.15) is 0 Å². The number of nitrogens with one attached hydrogen (secondary N) is 1. The largest absolute Gasteiger partial charge is 0.326 e. The number of hydrogen-bond acceptors (Lipinski definition) is 3. The second kappa shape index (κ2) is 7.01. The highest BCUT2D eigenvalue weighted by Gasteiger charge is 2.07. The summed E-state index contributed by atoms with van der Waals surface area (Å²) in [4.78, 5) is 12.2. The lowest BCUT2D eigenvalue weighted by Crippen LogP contribution is -2.15. The Morgan fingerprint density at radius 2 is 1.96 bits per heavy atom. The highest BCUT2D eigenvalue weighted by atomic mass is 35.5. The van der Waals surface area contributed by atoms with Crippen molar-refractivity contribution >= 4 is 34.1 Å². The van der Waals surface area contributed by atoms with Gasteiger partial charge in [-0.3, -0.25) is 9.48 Å². The molecule has 2 aromatic heterocycles. The van der Waals surface area contributed by atoms with E-state index in [0.717, 1.165) is 22.3 Å². The Morgan fingerprint density at radius 1 is 1.12 bits per heavy atom. The molecule has 7 heteroatoms. The van der Waals surface area contributed by atoms with Gasteiger partial charge in [0.2, 0.25) is 5.91 Å². The zero-order chi connectivity index (χ0) is 17.9. The Morgan fingerprint density at radius 3 is 2.73 bits per heavy atom. The van der Waals surface area contributed by atoms with Crippen molar-refractivity contribution in [1.82, 2.24) is 19.6 Å². The van der Waals surface area contributed by atoms with Crippen molar-refractivity contribution in [2.45, 2.75) is 13.0 Å². The molecular formula is C19H16ClN5O. The van der Waals surface area contributed by atoms with Crippen molar-refractivity contribution in [3.63, 3.8) is 0 Å². The molecule has 0 saturated carbocycles. The Labute approximate surface area is 155 Å². The molecule has 1 N–H and O–H groups in total. The van der Waals surface area contributed by atoms with E-state index in [0.29, 0.717) is 18.0 Å². The second-order valence-electron chi connectivity index (χ2n) is 5.87. The molecule has 0 saturated heterocycles. The van der Waals surface area contributed by atoms with Crippen LogP contribution in [0.4, 0.5) is 5.69 Å². The second-order valence-corrected chi connectivity index (χ2v) is 6.30. The maximum absolute atomic E-state index is 12.2. The molecule has 1 amide bonds. The van der Waals surface area contributed by atoms with Crippen LogP contribution < -0.4 is 5.32 Å². The number of hydrogen-bond donors (Lipinski definition) is 1. The lowest BCUT2D eigenvalue weighted by Gasteiger charge is -2.07. The maximum Gasteiger partial charge on any atom is 0.226 e. The van der Waals surface area contributed by atoms with Crippen molar-refractivity contribution in [3.8, 4) is 5.69 Å². The molecule has 6 nitrogen and oxygen atoms in total. The van der Waals surface area contributed by atoms with Gasteiger partial charge in [0.25, 0.3) is 0 Å². The molecule has 0 unspecified atom stereocenters. The number of benzene rings is 2. The van der Waals surface area contributed by atoms with E-state index < -0.39 is 0 Å². The Balaban J connectivity index is 1.37. The van der Waals surface area contributed by atoms with E-state index in [1.165, 1.54) is 0 Å². The normalized spacial score (nSPS) is 11.0. The van der Waals surface area contributed by atoms with Crippen molar-refractivity contribution in [2.24, 2.45) is 0 Å². The van der Waals surface area contributed by atoms with Crippen molar-refractivity contribution in [2.75, 3.05) is 5.32 Å². The fourth-order valence-corrected chi connectivity index (χ4v) is 2.97. The van der Waals surface area contributed by atoms with Gasteiger partial charge in [0, 0.05) is 34.9 Å². The SMILES string of the molecule is O=C(CCn1ncc2cc(Cl)ccc21)Nc1ccc(-n2cccn2)cc1. The van der Waals surface area contributed by atoms with Crippen LogP contribution in [0, 0.1) is 0 Å². The third-order valence-corrected chi connectivity index (χ3v) is 4.31. The van der Waals surface area contributed by atoms with E-state index in [4.69, 9.17) is 11.6 Å². The van der Waals surface area contributed by atoms with Crippen molar-refractivity contribution in [1.29, 1.82) is 0 Å². The minimum Gasteiger partial charge on any atom is -0.326 e. The van der Waals surface area contributed by atoms with Gasteiger partial charge in [-0.25, -0.2) is 4.68 Å². The van der Waals surface area contributed by atoms with Gasteiger partial charge in [0.15, 0.2) is 0 Å². The van der Waals surface area contributed by atoms with Crippen molar-refractivity contribution < 1.29 is 4.79 Å². The first-order valence-corrected chi connectivity index (χ1v) is 8.58. The lowest BCUT2D eigenvalue weighted by atomic mass is 10.2. The Bertz CT molecular complexity index is 1040. The van der Waals surface area contributed by atoms with Crippen LogP contribution in [-0.4, -0.2) is 25.5 Å². The fraction of sp³-hybridized carbons (Fsp3) is 0.105. The monoisotopic (exact) mass is 365 g/mol. The number of carbonyl (C=O) groups is 1. The number of amides is 1. The van der Waals surface area contributed by atoms with Gasteiger partial charge < -0.3 is 5.32 Å². The quantitative estimate of drug-likeness (QED) is 0.583. The summed E-state index contributed by atoms with van der Waals surface area (Å²) < 4.78 is 3.58. The molecule has 0 radical (unpaired) electrons. The average molecular weight is 366 g/mol. The van der Waals surface area contributed by atoms with Crippen LogP contribution in [0.15, 0.2) is 67.1 Å².